The van der Waals surface area contributed by atoms with Crippen LogP contribution in [0.5, 0.6) is 0 Å². The first-order valence-electron chi connectivity index (χ1n) is 8.38. The van der Waals surface area contributed by atoms with Gasteiger partial charge >= 0.3 is 0 Å². The highest BCUT2D eigenvalue weighted by Crippen LogP contribution is 2.38. The Kier molecular flexibility index (Phi) is 3.86. The topological polar surface area (TPSA) is 84.8 Å². The van der Waals surface area contributed by atoms with Crippen LogP contribution >= 0.6 is 0 Å². The van der Waals surface area contributed by atoms with Crippen LogP contribution in [0.15, 0.2) is 0 Å². The summed E-state index contributed by atoms with van der Waals surface area (Å²) in [5.41, 5.74) is 0. The summed E-state index contributed by atoms with van der Waals surface area (Å²) in [5.74, 6) is 4.44. The van der Waals surface area contributed by atoms with Crippen LogP contribution in [0.25, 0.3) is 0 Å². The van der Waals surface area contributed by atoms with Crippen LogP contribution in [0.3, 0.4) is 0 Å². The van der Waals surface area contributed by atoms with Gasteiger partial charge in [0, 0.05) is 32.5 Å². The zero-order chi connectivity index (χ0) is 15.8. The molecule has 2 aromatic heterocycles. The number of morpholine rings is 1. The lowest BCUT2D eigenvalue weighted by Crippen LogP contribution is -2.38. The summed E-state index contributed by atoms with van der Waals surface area (Å²) >= 11 is 0. The molecule has 1 aliphatic heterocycles. The molecule has 2 aliphatic rings. The Morgan fingerprint density at radius 1 is 1.30 bits per heavy atom. The number of hydrogen-bond acceptors (Lipinski definition) is 6. The third-order valence-electron chi connectivity index (χ3n) is 4.63. The van der Waals surface area contributed by atoms with Gasteiger partial charge in [-0.1, -0.05) is 6.92 Å². The van der Waals surface area contributed by atoms with Gasteiger partial charge in [-0.3, -0.25) is 10.00 Å². The van der Waals surface area contributed by atoms with Gasteiger partial charge in [0.1, 0.15) is 23.6 Å². The number of rotatable bonds is 5. The van der Waals surface area contributed by atoms with Crippen molar-refractivity contribution in [2.75, 3.05) is 19.7 Å². The highest BCUT2D eigenvalue weighted by atomic mass is 16.5. The van der Waals surface area contributed by atoms with Gasteiger partial charge < -0.3 is 9.30 Å². The Labute approximate surface area is 135 Å². The standard InChI is InChI=1S/C15H23N7O/c1-3-12-16-14(19-17-12)11-8-22(6-7-23-11)9-13-18-20-15(21(13)2)10-4-5-10/h10-11H,3-9H2,1-2H3,(H,16,17,19). The van der Waals surface area contributed by atoms with Gasteiger partial charge in [-0.2, -0.15) is 5.10 Å². The number of aromatic nitrogens is 6. The average molecular weight is 317 g/mol. The van der Waals surface area contributed by atoms with Crippen LogP contribution in [-0.4, -0.2) is 54.5 Å². The summed E-state index contributed by atoms with van der Waals surface area (Å²) in [6, 6.07) is 0. The van der Waals surface area contributed by atoms with E-state index in [1.807, 2.05) is 0 Å². The second-order valence-electron chi connectivity index (χ2n) is 6.40. The summed E-state index contributed by atoms with van der Waals surface area (Å²) in [6.45, 7) is 5.22. The molecule has 23 heavy (non-hydrogen) atoms. The summed E-state index contributed by atoms with van der Waals surface area (Å²) < 4.78 is 8.00. The normalized spacial score (nSPS) is 22.6. The number of ether oxygens (including phenoxy) is 1. The van der Waals surface area contributed by atoms with Crippen molar-refractivity contribution < 1.29 is 4.74 Å². The fourth-order valence-electron chi connectivity index (χ4n) is 3.02. The third-order valence-corrected chi connectivity index (χ3v) is 4.63. The van der Waals surface area contributed by atoms with Crippen LogP contribution in [0.1, 0.15) is 55.1 Å². The van der Waals surface area contributed by atoms with E-state index in [0.717, 1.165) is 49.4 Å². The largest absolute Gasteiger partial charge is 0.367 e. The van der Waals surface area contributed by atoms with Crippen LogP contribution in [0, 0.1) is 0 Å². The predicted octanol–water partition coefficient (Wildman–Crippen LogP) is 0.946. The molecule has 2 aromatic rings. The number of hydrogen-bond donors (Lipinski definition) is 1. The van der Waals surface area contributed by atoms with E-state index in [4.69, 9.17) is 4.74 Å². The molecule has 1 unspecified atom stereocenters. The first-order valence-corrected chi connectivity index (χ1v) is 8.38. The molecule has 8 heteroatoms. The van der Waals surface area contributed by atoms with E-state index >= 15 is 0 Å². The van der Waals surface area contributed by atoms with Gasteiger partial charge in [-0.25, -0.2) is 4.98 Å². The second kappa shape index (κ2) is 6.01. The van der Waals surface area contributed by atoms with E-state index in [0.29, 0.717) is 12.5 Å². The van der Waals surface area contributed by atoms with E-state index in [2.05, 4.69) is 48.8 Å². The number of aryl methyl sites for hydroxylation is 1. The van der Waals surface area contributed by atoms with E-state index in [1.54, 1.807) is 0 Å². The van der Waals surface area contributed by atoms with Gasteiger partial charge in [-0.15, -0.1) is 10.2 Å². The summed E-state index contributed by atoms with van der Waals surface area (Å²) in [6.07, 6.45) is 3.27. The Bertz CT molecular complexity index is 675. The van der Waals surface area contributed by atoms with E-state index in [1.165, 1.54) is 12.8 Å². The predicted molar refractivity (Wildman–Crippen MR) is 82.7 cm³/mol. The molecule has 3 heterocycles. The number of nitrogens with zero attached hydrogens (tertiary/aromatic N) is 6. The molecular formula is C15H23N7O. The fourth-order valence-corrected chi connectivity index (χ4v) is 3.02. The maximum absolute atomic E-state index is 5.84. The molecular weight excluding hydrogens is 294 g/mol. The Balaban J connectivity index is 1.43. The molecule has 0 bridgehead atoms. The van der Waals surface area contributed by atoms with Gasteiger partial charge in [0.05, 0.1) is 13.2 Å². The zero-order valence-electron chi connectivity index (χ0n) is 13.7. The molecule has 1 atom stereocenters. The van der Waals surface area contributed by atoms with Crippen molar-refractivity contribution in [2.24, 2.45) is 7.05 Å². The molecule has 1 N–H and O–H groups in total. The Morgan fingerprint density at radius 3 is 2.91 bits per heavy atom. The molecule has 0 amide bonds. The van der Waals surface area contributed by atoms with Gasteiger partial charge in [0.15, 0.2) is 5.82 Å². The monoisotopic (exact) mass is 317 g/mol. The lowest BCUT2D eigenvalue weighted by Gasteiger charge is -2.31. The first-order chi connectivity index (χ1) is 11.2. The van der Waals surface area contributed by atoms with E-state index in [-0.39, 0.29) is 6.10 Å². The smallest absolute Gasteiger partial charge is 0.180 e. The Morgan fingerprint density at radius 2 is 2.17 bits per heavy atom. The quantitative estimate of drug-likeness (QED) is 0.884. The van der Waals surface area contributed by atoms with Gasteiger partial charge in [0.25, 0.3) is 0 Å². The minimum absolute atomic E-state index is 0.0727. The first kappa shape index (κ1) is 14.8. The minimum atomic E-state index is -0.0727. The van der Waals surface area contributed by atoms with E-state index in [9.17, 15) is 0 Å². The zero-order valence-corrected chi connectivity index (χ0v) is 13.7. The lowest BCUT2D eigenvalue weighted by molar-refractivity contribution is -0.0380. The average Bonchev–Trinajstić information content (AvgIpc) is 3.18. The SMILES string of the molecule is CCc1nc(C2CN(Cc3nnc(C4CC4)n3C)CCO2)n[nH]1. The molecule has 0 aromatic carbocycles. The van der Waals surface area contributed by atoms with Crippen molar-refractivity contribution >= 4 is 0 Å². The van der Waals surface area contributed by atoms with Gasteiger partial charge in [-0.05, 0) is 12.8 Å². The lowest BCUT2D eigenvalue weighted by atomic mass is 10.2. The van der Waals surface area contributed by atoms with E-state index < -0.39 is 0 Å². The molecule has 8 nitrogen and oxygen atoms in total. The van der Waals surface area contributed by atoms with Crippen molar-refractivity contribution in [3.63, 3.8) is 0 Å². The van der Waals surface area contributed by atoms with Crippen molar-refractivity contribution in [1.29, 1.82) is 0 Å². The summed E-state index contributed by atoms with van der Waals surface area (Å²) in [7, 11) is 2.07. The van der Waals surface area contributed by atoms with Crippen molar-refractivity contribution in [2.45, 2.75) is 44.8 Å². The molecule has 0 radical (unpaired) electrons. The maximum Gasteiger partial charge on any atom is 0.180 e. The molecule has 0 spiro atoms. The fraction of sp³-hybridized carbons (Fsp3) is 0.733. The highest BCUT2D eigenvalue weighted by molar-refractivity contribution is 5.08. The highest BCUT2D eigenvalue weighted by Gasteiger charge is 2.30. The van der Waals surface area contributed by atoms with Crippen molar-refractivity contribution in [3.8, 4) is 0 Å². The number of aromatic amines is 1. The van der Waals surface area contributed by atoms with Crippen molar-refractivity contribution in [3.05, 3.63) is 23.3 Å². The minimum Gasteiger partial charge on any atom is -0.367 e. The molecule has 1 aliphatic carbocycles. The summed E-state index contributed by atoms with van der Waals surface area (Å²) in [4.78, 5) is 6.84. The maximum atomic E-state index is 5.84. The third kappa shape index (κ3) is 3.00. The number of nitrogens with one attached hydrogen (secondary N) is 1. The Hall–Kier alpha value is -1.80. The number of H-pyrrole nitrogens is 1. The van der Waals surface area contributed by atoms with Gasteiger partial charge in [0.2, 0.25) is 0 Å². The van der Waals surface area contributed by atoms with Crippen LogP contribution in [0.2, 0.25) is 0 Å². The second-order valence-corrected chi connectivity index (χ2v) is 6.40. The van der Waals surface area contributed by atoms with Crippen molar-refractivity contribution in [1.82, 2.24) is 34.8 Å². The summed E-state index contributed by atoms with van der Waals surface area (Å²) in [5, 5.41) is 16.0. The van der Waals surface area contributed by atoms with Crippen LogP contribution < -0.4 is 0 Å². The van der Waals surface area contributed by atoms with Crippen LogP contribution in [-0.2, 0) is 24.8 Å². The molecule has 124 valence electrons. The van der Waals surface area contributed by atoms with Crippen LogP contribution in [0.4, 0.5) is 0 Å². The molecule has 2 fully saturated rings. The molecule has 4 rings (SSSR count). The molecule has 1 saturated heterocycles. The molecule has 1 saturated carbocycles.